The van der Waals surface area contributed by atoms with Gasteiger partial charge in [0.05, 0.1) is 23.4 Å². The number of carbonyl (C=O) groups is 1. The number of ether oxygens (including phenoxy) is 1. The van der Waals surface area contributed by atoms with Crippen molar-refractivity contribution in [2.45, 2.75) is 20.3 Å². The largest absolute Gasteiger partial charge is 0.444 e. The molecular formula is C21H24BrN3O3S. The molecule has 1 fully saturated rings. The van der Waals surface area contributed by atoms with Crippen LogP contribution in [0.15, 0.2) is 33.4 Å². The number of aryl methyl sites for hydroxylation is 2. The van der Waals surface area contributed by atoms with Crippen LogP contribution in [-0.4, -0.2) is 55.2 Å². The summed E-state index contributed by atoms with van der Waals surface area (Å²) in [5.74, 6) is 0.153. The van der Waals surface area contributed by atoms with E-state index in [2.05, 4.69) is 46.8 Å². The Morgan fingerprint density at radius 3 is 2.72 bits per heavy atom. The van der Waals surface area contributed by atoms with E-state index >= 15 is 0 Å². The Morgan fingerprint density at radius 1 is 1.24 bits per heavy atom. The van der Waals surface area contributed by atoms with Gasteiger partial charge in [0.15, 0.2) is 15.6 Å². The normalized spacial score (nSPS) is 15.1. The third-order valence-corrected chi connectivity index (χ3v) is 6.68. The number of furan rings is 1. The van der Waals surface area contributed by atoms with E-state index in [4.69, 9.17) is 14.1 Å². The molecule has 4 rings (SSSR count). The highest BCUT2D eigenvalue weighted by atomic mass is 79.9. The number of anilines is 1. The first-order valence-electron chi connectivity index (χ1n) is 9.76. The summed E-state index contributed by atoms with van der Waals surface area (Å²) in [4.78, 5) is 22.1. The van der Waals surface area contributed by atoms with Crippen molar-refractivity contribution in [1.82, 2.24) is 9.88 Å². The lowest BCUT2D eigenvalue weighted by molar-refractivity contribution is 0.0376. The van der Waals surface area contributed by atoms with Crippen molar-refractivity contribution in [1.29, 1.82) is 0 Å². The molecule has 1 aliphatic heterocycles. The first kappa shape index (κ1) is 20.5. The van der Waals surface area contributed by atoms with E-state index in [-0.39, 0.29) is 5.91 Å². The maximum Gasteiger partial charge on any atom is 0.295 e. The average Bonchev–Trinajstić information content (AvgIpc) is 3.32. The van der Waals surface area contributed by atoms with Crippen molar-refractivity contribution in [2.75, 3.05) is 44.3 Å². The summed E-state index contributed by atoms with van der Waals surface area (Å²) in [5, 5.41) is 0.712. The van der Waals surface area contributed by atoms with Gasteiger partial charge in [-0.25, -0.2) is 4.98 Å². The number of hydrogen-bond acceptors (Lipinski definition) is 6. The fourth-order valence-corrected chi connectivity index (χ4v) is 4.78. The maximum atomic E-state index is 13.2. The van der Waals surface area contributed by atoms with Crippen LogP contribution in [0, 0.1) is 13.8 Å². The molecular weight excluding hydrogens is 454 g/mol. The van der Waals surface area contributed by atoms with Gasteiger partial charge < -0.3 is 9.15 Å². The van der Waals surface area contributed by atoms with Crippen molar-refractivity contribution < 1.29 is 13.9 Å². The molecule has 8 heteroatoms. The molecule has 0 unspecified atom stereocenters. The summed E-state index contributed by atoms with van der Waals surface area (Å²) in [5.41, 5.74) is 3.36. The Kier molecular flexibility index (Phi) is 6.34. The Hall–Kier alpha value is -1.74. The summed E-state index contributed by atoms with van der Waals surface area (Å²) in [6.07, 6.45) is 0.863. The number of morpholine rings is 1. The molecule has 3 heterocycles. The minimum absolute atomic E-state index is 0.162. The number of rotatable bonds is 6. The van der Waals surface area contributed by atoms with Gasteiger partial charge in [0, 0.05) is 26.2 Å². The van der Waals surface area contributed by atoms with Crippen LogP contribution in [0.4, 0.5) is 5.13 Å². The standard InChI is InChI=1S/C21H24BrN3O3S/c1-14-12-16-18(13-15(14)2)29-21(23-16)25(20(26)17-4-5-19(22)28-17)7-3-6-24-8-10-27-11-9-24/h4-5,12-13H,3,6-11H2,1-2H3. The smallest absolute Gasteiger partial charge is 0.295 e. The van der Waals surface area contributed by atoms with Crippen LogP contribution >= 0.6 is 27.3 Å². The second-order valence-electron chi connectivity index (χ2n) is 7.27. The van der Waals surface area contributed by atoms with Crippen LogP contribution < -0.4 is 4.90 Å². The zero-order valence-electron chi connectivity index (χ0n) is 16.6. The molecule has 1 aromatic carbocycles. The number of benzene rings is 1. The lowest BCUT2D eigenvalue weighted by Crippen LogP contribution is -2.39. The number of aromatic nitrogens is 1. The minimum atomic E-state index is -0.162. The van der Waals surface area contributed by atoms with E-state index in [1.807, 2.05) is 0 Å². The fraction of sp³-hybridized carbons (Fsp3) is 0.429. The van der Waals surface area contributed by atoms with Gasteiger partial charge in [0.25, 0.3) is 5.91 Å². The second kappa shape index (κ2) is 8.95. The summed E-state index contributed by atoms with van der Waals surface area (Å²) in [6, 6.07) is 7.67. The summed E-state index contributed by atoms with van der Waals surface area (Å²) >= 11 is 4.84. The van der Waals surface area contributed by atoms with E-state index in [1.165, 1.54) is 11.1 Å². The molecule has 2 aromatic heterocycles. The Balaban J connectivity index is 1.57. The Morgan fingerprint density at radius 2 is 2.00 bits per heavy atom. The number of fused-ring (bicyclic) bond motifs is 1. The van der Waals surface area contributed by atoms with Crippen molar-refractivity contribution in [3.8, 4) is 0 Å². The van der Waals surface area contributed by atoms with Crippen LogP contribution in [0.3, 0.4) is 0 Å². The number of hydrogen-bond donors (Lipinski definition) is 0. The van der Waals surface area contributed by atoms with E-state index in [1.54, 1.807) is 28.4 Å². The molecule has 1 aliphatic rings. The predicted octanol–water partition coefficient (Wildman–Crippen LogP) is 4.64. The molecule has 0 saturated carbocycles. The maximum absolute atomic E-state index is 13.2. The third kappa shape index (κ3) is 4.71. The molecule has 29 heavy (non-hydrogen) atoms. The minimum Gasteiger partial charge on any atom is -0.444 e. The number of thiazole rings is 1. The quantitative estimate of drug-likeness (QED) is 0.517. The molecule has 0 N–H and O–H groups in total. The SMILES string of the molecule is Cc1cc2nc(N(CCCN3CCOCC3)C(=O)c3ccc(Br)o3)sc2cc1C. The van der Waals surface area contributed by atoms with E-state index in [0.717, 1.165) is 49.5 Å². The predicted molar refractivity (Wildman–Crippen MR) is 119 cm³/mol. The fourth-order valence-electron chi connectivity index (χ4n) is 3.41. The number of nitrogens with zero attached hydrogens (tertiary/aromatic N) is 3. The zero-order valence-corrected chi connectivity index (χ0v) is 19.0. The molecule has 0 atom stereocenters. The Labute approximate surface area is 182 Å². The van der Waals surface area contributed by atoms with Crippen LogP contribution in [-0.2, 0) is 4.74 Å². The number of carbonyl (C=O) groups excluding carboxylic acids is 1. The second-order valence-corrected chi connectivity index (χ2v) is 9.06. The summed E-state index contributed by atoms with van der Waals surface area (Å²) in [6.45, 7) is 9.14. The third-order valence-electron chi connectivity index (χ3n) is 5.21. The van der Waals surface area contributed by atoms with Gasteiger partial charge in [-0.2, -0.15) is 0 Å². The van der Waals surface area contributed by atoms with Crippen LogP contribution in [0.1, 0.15) is 28.1 Å². The lowest BCUT2D eigenvalue weighted by atomic mass is 10.1. The van der Waals surface area contributed by atoms with Gasteiger partial charge >= 0.3 is 0 Å². The highest BCUT2D eigenvalue weighted by molar-refractivity contribution is 9.10. The zero-order chi connectivity index (χ0) is 20.4. The van der Waals surface area contributed by atoms with Gasteiger partial charge in [-0.15, -0.1) is 0 Å². The molecule has 1 saturated heterocycles. The number of halogens is 1. The average molecular weight is 478 g/mol. The molecule has 154 valence electrons. The van der Waals surface area contributed by atoms with Gasteiger partial charge in [-0.1, -0.05) is 11.3 Å². The van der Waals surface area contributed by atoms with Crippen LogP contribution in [0.25, 0.3) is 10.2 Å². The molecule has 0 spiro atoms. The van der Waals surface area contributed by atoms with Gasteiger partial charge in [0.2, 0.25) is 0 Å². The molecule has 6 nitrogen and oxygen atoms in total. The van der Waals surface area contributed by atoms with Crippen LogP contribution in [0.2, 0.25) is 0 Å². The molecule has 0 aliphatic carbocycles. The van der Waals surface area contributed by atoms with Crippen molar-refractivity contribution in [3.63, 3.8) is 0 Å². The first-order chi connectivity index (χ1) is 14.0. The van der Waals surface area contributed by atoms with Crippen molar-refractivity contribution in [2.24, 2.45) is 0 Å². The van der Waals surface area contributed by atoms with Crippen molar-refractivity contribution >= 4 is 48.5 Å². The lowest BCUT2D eigenvalue weighted by Gasteiger charge is -2.27. The molecule has 0 radical (unpaired) electrons. The van der Waals surface area contributed by atoms with Gasteiger partial charge in [0.1, 0.15) is 0 Å². The van der Waals surface area contributed by atoms with E-state index in [0.29, 0.717) is 22.1 Å². The number of amides is 1. The first-order valence-corrected chi connectivity index (χ1v) is 11.4. The summed E-state index contributed by atoms with van der Waals surface area (Å²) in [7, 11) is 0. The van der Waals surface area contributed by atoms with E-state index < -0.39 is 0 Å². The molecule has 0 bridgehead atoms. The molecule has 1 amide bonds. The van der Waals surface area contributed by atoms with Crippen LogP contribution in [0.5, 0.6) is 0 Å². The highest BCUT2D eigenvalue weighted by Crippen LogP contribution is 2.32. The highest BCUT2D eigenvalue weighted by Gasteiger charge is 2.24. The molecule has 3 aromatic rings. The van der Waals surface area contributed by atoms with Crippen molar-refractivity contribution in [3.05, 3.63) is 45.8 Å². The van der Waals surface area contributed by atoms with Gasteiger partial charge in [-0.3, -0.25) is 14.6 Å². The van der Waals surface area contributed by atoms with Gasteiger partial charge in [-0.05, 0) is 71.6 Å². The topological polar surface area (TPSA) is 58.8 Å². The monoisotopic (exact) mass is 477 g/mol. The van der Waals surface area contributed by atoms with E-state index in [9.17, 15) is 4.79 Å². The summed E-state index contributed by atoms with van der Waals surface area (Å²) < 4.78 is 12.6. The Bertz CT molecular complexity index is 971.